The number of nitro groups is 1. The summed E-state index contributed by atoms with van der Waals surface area (Å²) < 4.78 is 53.4. The molecule has 0 saturated carbocycles. The van der Waals surface area contributed by atoms with Gasteiger partial charge in [0.15, 0.2) is 0 Å². The van der Waals surface area contributed by atoms with E-state index in [9.17, 15) is 32.1 Å². The fourth-order valence-electron chi connectivity index (χ4n) is 3.10. The maximum atomic E-state index is 13.9. The van der Waals surface area contributed by atoms with E-state index < -0.39 is 31.5 Å². The van der Waals surface area contributed by atoms with Crippen molar-refractivity contribution in [2.24, 2.45) is 0 Å². The second-order valence-electron chi connectivity index (χ2n) is 6.42. The maximum absolute atomic E-state index is 13.9. The molecule has 154 valence electrons. The van der Waals surface area contributed by atoms with Crippen molar-refractivity contribution in [3.8, 4) is 0 Å². The predicted molar refractivity (Wildman–Crippen MR) is 98.5 cm³/mol. The molecule has 1 amide bonds. The van der Waals surface area contributed by atoms with Gasteiger partial charge in [-0.25, -0.2) is 17.2 Å². The third-order valence-corrected chi connectivity index (χ3v) is 6.55. The standard InChI is InChI=1S/C18H17F2N3O5S/c19-14-5-6-15(20)17(12-14)29(27,28)22-9-7-21(8-10-22)18(24)11-13-3-1-2-4-16(13)23(25)26/h1-6,12H,7-11H2. The van der Waals surface area contributed by atoms with Crippen molar-refractivity contribution in [2.45, 2.75) is 11.3 Å². The van der Waals surface area contributed by atoms with Gasteiger partial charge in [-0.3, -0.25) is 14.9 Å². The van der Waals surface area contributed by atoms with Gasteiger partial charge >= 0.3 is 0 Å². The number of benzene rings is 2. The van der Waals surface area contributed by atoms with Crippen LogP contribution in [0.4, 0.5) is 14.5 Å². The highest BCUT2D eigenvalue weighted by Crippen LogP contribution is 2.23. The van der Waals surface area contributed by atoms with Crippen molar-refractivity contribution in [1.29, 1.82) is 0 Å². The Kier molecular flexibility index (Phi) is 5.89. The number of nitrogens with zero attached hydrogens (tertiary/aromatic N) is 3. The summed E-state index contributed by atoms with van der Waals surface area (Å²) in [5, 5.41) is 11.1. The molecule has 2 aromatic carbocycles. The fourth-order valence-corrected chi connectivity index (χ4v) is 4.60. The molecule has 0 N–H and O–H groups in total. The number of amides is 1. The lowest BCUT2D eigenvalue weighted by atomic mass is 10.1. The van der Waals surface area contributed by atoms with Gasteiger partial charge in [0, 0.05) is 37.8 Å². The molecule has 1 aliphatic rings. The molecule has 1 heterocycles. The number of hydrogen-bond donors (Lipinski definition) is 0. The molecule has 0 aromatic heterocycles. The van der Waals surface area contributed by atoms with E-state index in [-0.39, 0.29) is 49.8 Å². The molecule has 0 unspecified atom stereocenters. The molecule has 0 aliphatic carbocycles. The number of rotatable bonds is 5. The quantitative estimate of drug-likeness (QED) is 0.538. The van der Waals surface area contributed by atoms with E-state index >= 15 is 0 Å². The topological polar surface area (TPSA) is 101 Å². The van der Waals surface area contributed by atoms with E-state index in [1.54, 1.807) is 6.07 Å². The Hall–Kier alpha value is -2.92. The van der Waals surface area contributed by atoms with Crippen LogP contribution in [0.5, 0.6) is 0 Å². The van der Waals surface area contributed by atoms with Gasteiger partial charge in [-0.05, 0) is 18.2 Å². The molecule has 1 saturated heterocycles. The first-order valence-corrected chi connectivity index (χ1v) is 10.1. The maximum Gasteiger partial charge on any atom is 0.273 e. The lowest BCUT2D eigenvalue weighted by molar-refractivity contribution is -0.385. The molecule has 2 aromatic rings. The number of hydrogen-bond acceptors (Lipinski definition) is 5. The van der Waals surface area contributed by atoms with E-state index in [0.29, 0.717) is 6.07 Å². The molecule has 11 heteroatoms. The largest absolute Gasteiger partial charge is 0.340 e. The normalized spacial score (nSPS) is 15.3. The zero-order valence-electron chi connectivity index (χ0n) is 15.1. The molecular formula is C18H17F2N3O5S. The number of piperazine rings is 1. The molecule has 3 rings (SSSR count). The van der Waals surface area contributed by atoms with E-state index in [1.165, 1.54) is 23.1 Å². The fraction of sp³-hybridized carbons (Fsp3) is 0.278. The van der Waals surface area contributed by atoms with Crippen LogP contribution in [0, 0.1) is 21.7 Å². The van der Waals surface area contributed by atoms with E-state index in [1.807, 2.05) is 0 Å². The lowest BCUT2D eigenvalue weighted by Gasteiger charge is -2.34. The van der Waals surface area contributed by atoms with Crippen molar-refractivity contribution in [3.63, 3.8) is 0 Å². The van der Waals surface area contributed by atoms with Crippen LogP contribution < -0.4 is 0 Å². The van der Waals surface area contributed by atoms with Gasteiger partial charge in [-0.15, -0.1) is 0 Å². The Balaban J connectivity index is 1.68. The van der Waals surface area contributed by atoms with Gasteiger partial charge in [-0.2, -0.15) is 4.31 Å². The minimum Gasteiger partial charge on any atom is -0.340 e. The average Bonchev–Trinajstić information content (AvgIpc) is 2.70. The highest BCUT2D eigenvalue weighted by atomic mass is 32.2. The summed E-state index contributed by atoms with van der Waals surface area (Å²) in [5.41, 5.74) is 0.100. The number of sulfonamides is 1. The van der Waals surface area contributed by atoms with Gasteiger partial charge in [0.25, 0.3) is 5.69 Å². The van der Waals surface area contributed by atoms with Crippen molar-refractivity contribution in [2.75, 3.05) is 26.2 Å². The first kappa shape index (κ1) is 20.8. The SMILES string of the molecule is O=C(Cc1ccccc1[N+](=O)[O-])N1CCN(S(=O)(=O)c2cc(F)ccc2F)CC1. The Morgan fingerprint density at radius 3 is 2.38 bits per heavy atom. The Morgan fingerprint density at radius 2 is 1.72 bits per heavy atom. The van der Waals surface area contributed by atoms with Crippen LogP contribution in [0.2, 0.25) is 0 Å². The highest BCUT2D eigenvalue weighted by molar-refractivity contribution is 7.89. The third kappa shape index (κ3) is 4.40. The summed E-state index contributed by atoms with van der Waals surface area (Å²) in [6, 6.07) is 8.08. The van der Waals surface area contributed by atoms with Crippen LogP contribution in [-0.2, 0) is 21.2 Å². The Morgan fingerprint density at radius 1 is 1.07 bits per heavy atom. The highest BCUT2D eigenvalue weighted by Gasteiger charge is 2.32. The number of para-hydroxylation sites is 1. The summed E-state index contributed by atoms with van der Waals surface area (Å²) in [6.45, 7) is -0.118. The molecule has 0 atom stereocenters. The molecule has 0 bridgehead atoms. The van der Waals surface area contributed by atoms with Crippen molar-refractivity contribution >= 4 is 21.6 Å². The smallest absolute Gasteiger partial charge is 0.273 e. The van der Waals surface area contributed by atoms with Gasteiger partial charge in [0.05, 0.1) is 11.3 Å². The molecule has 1 fully saturated rings. The van der Waals surface area contributed by atoms with Crippen LogP contribution >= 0.6 is 0 Å². The van der Waals surface area contributed by atoms with Crippen LogP contribution in [-0.4, -0.2) is 54.6 Å². The van der Waals surface area contributed by atoms with Crippen molar-refractivity contribution in [3.05, 3.63) is 69.8 Å². The molecular weight excluding hydrogens is 408 g/mol. The van der Waals surface area contributed by atoms with E-state index in [4.69, 9.17) is 0 Å². The zero-order chi connectivity index (χ0) is 21.2. The number of carbonyl (C=O) groups is 1. The molecule has 8 nitrogen and oxygen atoms in total. The van der Waals surface area contributed by atoms with Crippen LogP contribution in [0.3, 0.4) is 0 Å². The molecule has 1 aliphatic heterocycles. The number of halogens is 2. The number of nitro benzene ring substituents is 1. The van der Waals surface area contributed by atoms with Gasteiger partial charge in [-0.1, -0.05) is 18.2 Å². The van der Waals surface area contributed by atoms with E-state index in [0.717, 1.165) is 16.4 Å². The third-order valence-electron chi connectivity index (χ3n) is 4.63. The monoisotopic (exact) mass is 425 g/mol. The van der Waals surface area contributed by atoms with Crippen LogP contribution in [0.15, 0.2) is 47.4 Å². The second kappa shape index (κ2) is 8.21. The second-order valence-corrected chi connectivity index (χ2v) is 8.33. The van der Waals surface area contributed by atoms with Crippen LogP contribution in [0.1, 0.15) is 5.56 Å². The summed E-state index contributed by atoms with van der Waals surface area (Å²) in [4.78, 5) is 23.6. The molecule has 0 spiro atoms. The molecule has 0 radical (unpaired) electrons. The first-order valence-electron chi connectivity index (χ1n) is 8.65. The van der Waals surface area contributed by atoms with Gasteiger partial charge in [0.1, 0.15) is 16.5 Å². The summed E-state index contributed by atoms with van der Waals surface area (Å²) >= 11 is 0. The summed E-state index contributed by atoms with van der Waals surface area (Å²) in [7, 11) is -4.25. The average molecular weight is 425 g/mol. The first-order chi connectivity index (χ1) is 13.7. The summed E-state index contributed by atoms with van der Waals surface area (Å²) in [6.07, 6.45) is -0.192. The van der Waals surface area contributed by atoms with Crippen molar-refractivity contribution < 1.29 is 26.9 Å². The van der Waals surface area contributed by atoms with E-state index in [2.05, 4.69) is 0 Å². The molecule has 29 heavy (non-hydrogen) atoms. The minimum atomic E-state index is -4.25. The summed E-state index contributed by atoms with van der Waals surface area (Å²) in [5.74, 6) is -2.31. The Labute approximate surface area is 165 Å². The van der Waals surface area contributed by atoms with Crippen LogP contribution in [0.25, 0.3) is 0 Å². The van der Waals surface area contributed by atoms with Crippen molar-refractivity contribution in [1.82, 2.24) is 9.21 Å². The zero-order valence-corrected chi connectivity index (χ0v) is 15.9. The Bertz CT molecular complexity index is 1050. The predicted octanol–water partition coefficient (Wildman–Crippen LogP) is 1.95. The number of carbonyl (C=O) groups excluding carboxylic acids is 1. The minimum absolute atomic E-state index is 0.0373. The van der Waals surface area contributed by atoms with Gasteiger partial charge < -0.3 is 4.90 Å². The van der Waals surface area contributed by atoms with Gasteiger partial charge in [0.2, 0.25) is 15.9 Å². The lowest BCUT2D eigenvalue weighted by Crippen LogP contribution is -2.51.